The lowest BCUT2D eigenvalue weighted by Gasteiger charge is -2.27. The van der Waals surface area contributed by atoms with Crippen molar-refractivity contribution in [2.45, 2.75) is 51.8 Å². The van der Waals surface area contributed by atoms with Crippen molar-refractivity contribution in [2.24, 2.45) is 0 Å². The Morgan fingerprint density at radius 2 is 2.04 bits per heavy atom. The smallest absolute Gasteiger partial charge is 0.163 e. The van der Waals surface area contributed by atoms with Crippen molar-refractivity contribution in [1.82, 2.24) is 10.3 Å². The van der Waals surface area contributed by atoms with Gasteiger partial charge < -0.3 is 20.1 Å². The molecule has 5 nitrogen and oxygen atoms in total. The molecule has 1 aromatic carbocycles. The molecule has 1 atom stereocenters. The van der Waals surface area contributed by atoms with Gasteiger partial charge in [0, 0.05) is 43.6 Å². The first-order valence-corrected chi connectivity index (χ1v) is 9.31. The Hall–Kier alpha value is -2.01. The fraction of sp³-hybridized carbons (Fsp3) is 0.571. The highest BCUT2D eigenvalue weighted by atomic mass is 16.5. The first-order valence-electron chi connectivity index (χ1n) is 12.3. The number of anilines is 1. The molecule has 1 aromatic heterocycles. The lowest BCUT2D eigenvalue weighted by Crippen LogP contribution is -2.38. The van der Waals surface area contributed by atoms with Gasteiger partial charge in [0.25, 0.3) is 0 Å². The molecule has 1 fully saturated rings. The van der Waals surface area contributed by atoms with Gasteiger partial charge in [-0.1, -0.05) is 0 Å². The number of nitrogens with one attached hydrogen (secondary N) is 2. The van der Waals surface area contributed by atoms with Gasteiger partial charge >= 0.3 is 0 Å². The van der Waals surface area contributed by atoms with Crippen LogP contribution in [-0.4, -0.2) is 37.3 Å². The summed E-state index contributed by atoms with van der Waals surface area (Å²) in [4.78, 5) is 4.82. The van der Waals surface area contributed by atoms with Gasteiger partial charge in [-0.25, -0.2) is 0 Å². The minimum absolute atomic E-state index is 0.189. The van der Waals surface area contributed by atoms with Gasteiger partial charge in [0.1, 0.15) is 0 Å². The van der Waals surface area contributed by atoms with Crippen molar-refractivity contribution in [3.8, 4) is 11.5 Å². The Morgan fingerprint density at radius 3 is 2.81 bits per heavy atom. The second kappa shape index (κ2) is 7.70. The van der Waals surface area contributed by atoms with E-state index < -0.39 is 26.9 Å². The van der Waals surface area contributed by atoms with Crippen molar-refractivity contribution in [2.75, 3.05) is 31.6 Å². The number of aryl methyl sites for hydroxylation is 1. The maximum Gasteiger partial charge on any atom is 0.163 e. The largest absolute Gasteiger partial charge is 0.490 e. The summed E-state index contributed by atoms with van der Waals surface area (Å²) in [6, 6.07) is 3.69. The average molecular weight is 362 g/mol. The van der Waals surface area contributed by atoms with Crippen LogP contribution in [0.3, 0.4) is 0 Å². The molecule has 2 heterocycles. The maximum atomic E-state index is 7.47. The number of ether oxygens (including phenoxy) is 2. The van der Waals surface area contributed by atoms with E-state index in [1.165, 1.54) is 5.56 Å². The van der Waals surface area contributed by atoms with Crippen LogP contribution in [0.5, 0.6) is 11.5 Å². The van der Waals surface area contributed by atoms with Gasteiger partial charge in [-0.05, 0) is 64.0 Å². The summed E-state index contributed by atoms with van der Waals surface area (Å²) in [5, 5.41) is 7.95. The van der Waals surface area contributed by atoms with Gasteiger partial charge in [0.2, 0.25) is 0 Å². The van der Waals surface area contributed by atoms with Crippen LogP contribution in [0.1, 0.15) is 52.4 Å². The summed E-state index contributed by atoms with van der Waals surface area (Å²) >= 11 is 0. The Bertz CT molecular complexity index is 971. The van der Waals surface area contributed by atoms with E-state index in [0.717, 1.165) is 62.0 Å². The predicted octanol–water partition coefficient (Wildman–Crippen LogP) is 3.68. The Labute approximate surface area is 163 Å². The van der Waals surface area contributed by atoms with Crippen LogP contribution in [-0.2, 0) is 12.8 Å². The second-order valence-electron chi connectivity index (χ2n) is 6.85. The molecule has 4 rings (SSSR count). The standard InChI is InChI=1S/C21H29N3O2/c1-3-25-19-11-16-18(12-20(19)26-4-2)24-17-9-5-8-15(17)21(16)23-14-7-6-10-22-13-14/h11-12,14,22H,3-10,13H2,1-2H3,(H,23,24)/t14-/m1/s1/i1D3,2D3. The highest BCUT2D eigenvalue weighted by Gasteiger charge is 2.23. The number of pyridine rings is 1. The summed E-state index contributed by atoms with van der Waals surface area (Å²) in [6.45, 7) is -3.70. The zero-order valence-corrected chi connectivity index (χ0v) is 14.9. The van der Waals surface area contributed by atoms with Gasteiger partial charge in [-0.15, -0.1) is 0 Å². The number of nitrogens with zero attached hydrogens (tertiary/aromatic N) is 1. The Kier molecular flexibility index (Phi) is 3.45. The molecule has 0 saturated carbocycles. The number of rotatable bonds is 6. The molecule has 0 unspecified atom stereocenters. The molecule has 0 spiro atoms. The normalized spacial score (nSPS) is 23.8. The molecule has 0 radical (unpaired) electrons. The number of benzene rings is 1. The Morgan fingerprint density at radius 1 is 1.19 bits per heavy atom. The van der Waals surface area contributed by atoms with E-state index in [1.54, 1.807) is 12.1 Å². The number of aromatic nitrogens is 1. The zero-order valence-electron chi connectivity index (χ0n) is 20.9. The fourth-order valence-corrected chi connectivity index (χ4v) is 4.00. The van der Waals surface area contributed by atoms with Crippen LogP contribution in [0.4, 0.5) is 5.69 Å². The number of hydrogen-bond donors (Lipinski definition) is 2. The fourth-order valence-electron chi connectivity index (χ4n) is 4.00. The molecule has 140 valence electrons. The van der Waals surface area contributed by atoms with E-state index in [1.807, 2.05) is 0 Å². The van der Waals surface area contributed by atoms with Crippen molar-refractivity contribution in [1.29, 1.82) is 0 Å². The van der Waals surface area contributed by atoms with E-state index in [0.29, 0.717) is 5.52 Å². The molecule has 1 saturated heterocycles. The topological polar surface area (TPSA) is 55.4 Å². The summed E-state index contributed by atoms with van der Waals surface area (Å²) < 4.78 is 55.9. The van der Waals surface area contributed by atoms with Gasteiger partial charge in [-0.2, -0.15) is 0 Å². The number of piperidine rings is 1. The predicted molar refractivity (Wildman–Crippen MR) is 106 cm³/mol. The molecule has 0 bridgehead atoms. The molecular weight excluding hydrogens is 326 g/mol. The van der Waals surface area contributed by atoms with Crippen LogP contribution in [0, 0.1) is 0 Å². The van der Waals surface area contributed by atoms with Crippen molar-refractivity contribution in [3.63, 3.8) is 0 Å². The average Bonchev–Trinajstić information content (AvgIpc) is 3.18. The molecule has 2 aliphatic rings. The third-order valence-electron chi connectivity index (χ3n) is 5.18. The third-order valence-corrected chi connectivity index (χ3v) is 5.18. The molecule has 5 heteroatoms. The summed E-state index contributed by atoms with van der Waals surface area (Å²) in [7, 11) is 0. The minimum Gasteiger partial charge on any atom is -0.490 e. The zero-order chi connectivity index (χ0) is 22.9. The lowest BCUT2D eigenvalue weighted by atomic mass is 10.0. The van der Waals surface area contributed by atoms with E-state index in [9.17, 15) is 0 Å². The summed E-state index contributed by atoms with van der Waals surface area (Å²) in [5.74, 6) is 0.399. The van der Waals surface area contributed by atoms with E-state index >= 15 is 0 Å². The highest BCUT2D eigenvalue weighted by molar-refractivity contribution is 5.96. The van der Waals surface area contributed by atoms with Crippen LogP contribution < -0.4 is 20.1 Å². The van der Waals surface area contributed by atoms with Crippen molar-refractivity contribution in [3.05, 3.63) is 23.4 Å². The van der Waals surface area contributed by atoms with Crippen molar-refractivity contribution < 1.29 is 17.7 Å². The first kappa shape index (κ1) is 11.7. The molecule has 1 aliphatic heterocycles. The molecular formula is C21H29N3O2. The monoisotopic (exact) mass is 361 g/mol. The quantitative estimate of drug-likeness (QED) is 0.822. The molecule has 1 aliphatic carbocycles. The highest BCUT2D eigenvalue weighted by Crippen LogP contribution is 2.40. The van der Waals surface area contributed by atoms with Crippen LogP contribution >= 0.6 is 0 Å². The van der Waals surface area contributed by atoms with Gasteiger partial charge in [-0.3, -0.25) is 4.98 Å². The molecule has 2 N–H and O–H groups in total. The maximum absolute atomic E-state index is 7.47. The lowest BCUT2D eigenvalue weighted by molar-refractivity contribution is 0.288. The first-order chi connectivity index (χ1) is 15.1. The summed E-state index contributed by atoms with van der Waals surface area (Å²) in [5.41, 5.74) is 3.93. The van der Waals surface area contributed by atoms with E-state index in [2.05, 4.69) is 10.6 Å². The molecule has 2 aromatic rings. The minimum atomic E-state index is -2.29. The second-order valence-corrected chi connectivity index (χ2v) is 6.85. The molecule has 0 amide bonds. The molecule has 26 heavy (non-hydrogen) atoms. The number of hydrogen-bond acceptors (Lipinski definition) is 5. The van der Waals surface area contributed by atoms with E-state index in [4.69, 9.17) is 22.7 Å². The summed E-state index contributed by atoms with van der Waals surface area (Å²) in [6.07, 6.45) is 5.02. The van der Waals surface area contributed by atoms with Crippen molar-refractivity contribution >= 4 is 16.6 Å². The van der Waals surface area contributed by atoms with Crippen LogP contribution in [0.15, 0.2) is 12.1 Å². The van der Waals surface area contributed by atoms with E-state index in [-0.39, 0.29) is 17.5 Å². The van der Waals surface area contributed by atoms with Gasteiger partial charge in [0.15, 0.2) is 11.5 Å². The van der Waals surface area contributed by atoms with Gasteiger partial charge in [0.05, 0.1) is 18.7 Å². The SMILES string of the molecule is [2H]C([2H])([2H])COc1cc2nc3c(c(N[C@@H]4CCCNC4)c2cc1OCC([2H])([2H])[2H])CCC3. The third kappa shape index (κ3) is 3.32. The van der Waals surface area contributed by atoms with Crippen LogP contribution in [0.25, 0.3) is 10.9 Å². The Balaban J connectivity index is 1.77. The number of fused-ring (bicyclic) bond motifs is 2. The van der Waals surface area contributed by atoms with Crippen LogP contribution in [0.2, 0.25) is 0 Å².